The van der Waals surface area contributed by atoms with E-state index in [0.29, 0.717) is 0 Å². The highest BCUT2D eigenvalue weighted by molar-refractivity contribution is 5.75. The molecular formula is C18H22N4. The summed E-state index contributed by atoms with van der Waals surface area (Å²) >= 11 is 0. The van der Waals surface area contributed by atoms with Crippen molar-refractivity contribution >= 4 is 11.5 Å². The molecule has 0 unspecified atom stereocenters. The van der Waals surface area contributed by atoms with Gasteiger partial charge in [0.05, 0.1) is 5.69 Å². The first-order chi connectivity index (χ1) is 10.3. The van der Waals surface area contributed by atoms with Gasteiger partial charge in [-0.2, -0.15) is 0 Å². The van der Waals surface area contributed by atoms with Crippen LogP contribution < -0.4 is 5.32 Å². The van der Waals surface area contributed by atoms with E-state index in [9.17, 15) is 0 Å². The third-order valence-electron chi connectivity index (χ3n) is 3.45. The summed E-state index contributed by atoms with van der Waals surface area (Å²) in [5.41, 5.74) is 5.04. The average Bonchev–Trinajstić information content (AvgIpc) is 2.76. The zero-order valence-corrected chi connectivity index (χ0v) is 13.8. The molecule has 0 fully saturated rings. The molecule has 0 bridgehead atoms. The van der Waals surface area contributed by atoms with Crippen LogP contribution in [-0.4, -0.2) is 19.9 Å². The van der Waals surface area contributed by atoms with Crippen LogP contribution in [-0.2, 0) is 0 Å². The van der Waals surface area contributed by atoms with Crippen LogP contribution in [0.15, 0.2) is 36.5 Å². The van der Waals surface area contributed by atoms with Crippen molar-refractivity contribution in [2.24, 2.45) is 0 Å². The maximum Gasteiger partial charge on any atom is 0.141 e. The van der Waals surface area contributed by atoms with Gasteiger partial charge in [-0.05, 0) is 64.4 Å². The SMILES string of the molecule is Cc1cc(C)n2c(NC(C)(C)C)c(-c3ccccn3)nc2c1. The van der Waals surface area contributed by atoms with Gasteiger partial charge in [0.25, 0.3) is 0 Å². The summed E-state index contributed by atoms with van der Waals surface area (Å²) in [6, 6.07) is 10.2. The molecule has 0 radical (unpaired) electrons. The smallest absolute Gasteiger partial charge is 0.141 e. The first-order valence-electron chi connectivity index (χ1n) is 7.54. The van der Waals surface area contributed by atoms with Gasteiger partial charge in [0.1, 0.15) is 17.2 Å². The number of nitrogens with one attached hydrogen (secondary N) is 1. The molecular weight excluding hydrogens is 272 g/mol. The first-order valence-corrected chi connectivity index (χ1v) is 7.54. The monoisotopic (exact) mass is 294 g/mol. The van der Waals surface area contributed by atoms with Gasteiger partial charge in [-0.1, -0.05) is 6.07 Å². The predicted molar refractivity (Wildman–Crippen MR) is 91.3 cm³/mol. The van der Waals surface area contributed by atoms with Crippen LogP contribution in [0.2, 0.25) is 0 Å². The number of hydrogen-bond acceptors (Lipinski definition) is 3. The van der Waals surface area contributed by atoms with Gasteiger partial charge in [-0.3, -0.25) is 9.38 Å². The summed E-state index contributed by atoms with van der Waals surface area (Å²) in [6.45, 7) is 10.7. The van der Waals surface area contributed by atoms with E-state index in [-0.39, 0.29) is 5.54 Å². The van der Waals surface area contributed by atoms with E-state index in [0.717, 1.165) is 28.5 Å². The Labute approximate surface area is 131 Å². The third-order valence-corrected chi connectivity index (χ3v) is 3.45. The summed E-state index contributed by atoms with van der Waals surface area (Å²) in [5.74, 6) is 0.999. The minimum atomic E-state index is -0.0587. The standard InChI is InChI=1S/C18H22N4/c1-12-10-13(2)22-15(11-12)20-16(14-8-6-7-9-19-14)17(22)21-18(3,4)5/h6-11,21H,1-5H3. The minimum absolute atomic E-state index is 0.0587. The van der Waals surface area contributed by atoms with Gasteiger partial charge in [0, 0.05) is 17.4 Å². The third kappa shape index (κ3) is 2.69. The van der Waals surface area contributed by atoms with E-state index >= 15 is 0 Å². The maximum absolute atomic E-state index is 4.83. The lowest BCUT2D eigenvalue weighted by Crippen LogP contribution is -2.27. The highest BCUT2D eigenvalue weighted by Gasteiger charge is 2.20. The van der Waals surface area contributed by atoms with Crippen molar-refractivity contribution in [1.82, 2.24) is 14.4 Å². The fraction of sp³-hybridized carbons (Fsp3) is 0.333. The van der Waals surface area contributed by atoms with Crippen molar-refractivity contribution < 1.29 is 0 Å². The molecule has 0 aliphatic rings. The predicted octanol–water partition coefficient (Wildman–Crippen LogP) is 4.22. The Morgan fingerprint density at radius 1 is 1.09 bits per heavy atom. The van der Waals surface area contributed by atoms with Crippen LogP contribution in [0.25, 0.3) is 17.0 Å². The second kappa shape index (κ2) is 5.13. The zero-order chi connectivity index (χ0) is 15.9. The van der Waals surface area contributed by atoms with E-state index in [1.165, 1.54) is 5.56 Å². The minimum Gasteiger partial charge on any atom is -0.365 e. The Bertz CT molecular complexity index is 810. The van der Waals surface area contributed by atoms with Crippen molar-refractivity contribution in [3.8, 4) is 11.4 Å². The largest absolute Gasteiger partial charge is 0.365 e. The fourth-order valence-electron chi connectivity index (χ4n) is 2.68. The summed E-state index contributed by atoms with van der Waals surface area (Å²) < 4.78 is 2.17. The van der Waals surface area contributed by atoms with Crippen LogP contribution in [0.3, 0.4) is 0 Å². The van der Waals surface area contributed by atoms with Crippen LogP contribution in [0.1, 0.15) is 32.0 Å². The summed E-state index contributed by atoms with van der Waals surface area (Å²) in [6.07, 6.45) is 1.80. The van der Waals surface area contributed by atoms with Gasteiger partial charge in [-0.15, -0.1) is 0 Å². The highest BCUT2D eigenvalue weighted by Crippen LogP contribution is 2.31. The quantitative estimate of drug-likeness (QED) is 0.769. The summed E-state index contributed by atoms with van der Waals surface area (Å²) in [4.78, 5) is 9.30. The number of pyridine rings is 2. The number of hydrogen-bond donors (Lipinski definition) is 1. The zero-order valence-electron chi connectivity index (χ0n) is 13.8. The summed E-state index contributed by atoms with van der Waals surface area (Å²) in [5, 5.41) is 3.59. The van der Waals surface area contributed by atoms with E-state index < -0.39 is 0 Å². The fourth-order valence-corrected chi connectivity index (χ4v) is 2.68. The number of aryl methyl sites for hydroxylation is 2. The van der Waals surface area contributed by atoms with Crippen molar-refractivity contribution in [3.05, 3.63) is 47.8 Å². The number of anilines is 1. The molecule has 114 valence electrons. The van der Waals surface area contributed by atoms with Gasteiger partial charge < -0.3 is 5.32 Å². The Morgan fingerprint density at radius 3 is 2.50 bits per heavy atom. The second-order valence-corrected chi connectivity index (χ2v) is 6.77. The Kier molecular flexibility index (Phi) is 3.39. The molecule has 0 aromatic carbocycles. The summed E-state index contributed by atoms with van der Waals surface area (Å²) in [7, 11) is 0. The topological polar surface area (TPSA) is 42.2 Å². The molecule has 3 heterocycles. The number of fused-ring (bicyclic) bond motifs is 1. The highest BCUT2D eigenvalue weighted by atomic mass is 15.2. The van der Waals surface area contributed by atoms with E-state index in [4.69, 9.17) is 4.98 Å². The average molecular weight is 294 g/mol. The molecule has 0 atom stereocenters. The molecule has 0 aliphatic carbocycles. The molecule has 0 amide bonds. The van der Waals surface area contributed by atoms with Crippen LogP contribution in [0.5, 0.6) is 0 Å². The Balaban J connectivity index is 2.31. The molecule has 0 spiro atoms. The number of rotatable bonds is 2. The molecule has 22 heavy (non-hydrogen) atoms. The molecule has 3 aromatic heterocycles. The Morgan fingerprint density at radius 2 is 1.86 bits per heavy atom. The lowest BCUT2D eigenvalue weighted by Gasteiger charge is -2.23. The van der Waals surface area contributed by atoms with E-state index in [1.807, 2.05) is 18.2 Å². The number of nitrogens with zero attached hydrogens (tertiary/aromatic N) is 3. The van der Waals surface area contributed by atoms with Gasteiger partial charge in [0.2, 0.25) is 0 Å². The molecule has 1 N–H and O–H groups in total. The molecule has 0 aliphatic heterocycles. The molecule has 3 aromatic rings. The maximum atomic E-state index is 4.83. The molecule has 4 heteroatoms. The lowest BCUT2D eigenvalue weighted by atomic mass is 10.1. The normalized spacial score (nSPS) is 11.9. The van der Waals surface area contributed by atoms with Crippen LogP contribution in [0, 0.1) is 13.8 Å². The van der Waals surface area contributed by atoms with Crippen molar-refractivity contribution in [1.29, 1.82) is 0 Å². The van der Waals surface area contributed by atoms with Crippen LogP contribution >= 0.6 is 0 Å². The molecule has 0 saturated carbocycles. The molecule has 4 nitrogen and oxygen atoms in total. The van der Waals surface area contributed by atoms with Crippen LogP contribution in [0.4, 0.5) is 5.82 Å². The molecule has 3 rings (SSSR count). The first kappa shape index (κ1) is 14.6. The van der Waals surface area contributed by atoms with Gasteiger partial charge in [0.15, 0.2) is 0 Å². The van der Waals surface area contributed by atoms with Crippen molar-refractivity contribution in [3.63, 3.8) is 0 Å². The van der Waals surface area contributed by atoms with Gasteiger partial charge >= 0.3 is 0 Å². The van der Waals surface area contributed by atoms with E-state index in [1.54, 1.807) is 6.20 Å². The second-order valence-electron chi connectivity index (χ2n) is 6.77. The number of aromatic nitrogens is 3. The van der Waals surface area contributed by atoms with Crippen molar-refractivity contribution in [2.45, 2.75) is 40.2 Å². The number of imidazole rings is 1. The molecule has 0 saturated heterocycles. The van der Waals surface area contributed by atoms with Gasteiger partial charge in [-0.25, -0.2) is 4.98 Å². The van der Waals surface area contributed by atoms with Crippen molar-refractivity contribution in [2.75, 3.05) is 5.32 Å². The Hall–Kier alpha value is -2.36. The lowest BCUT2D eigenvalue weighted by molar-refractivity contribution is 0.629. The van der Waals surface area contributed by atoms with E-state index in [2.05, 4.69) is 61.5 Å².